The summed E-state index contributed by atoms with van der Waals surface area (Å²) in [4.78, 5) is 11.0. The van der Waals surface area contributed by atoms with Crippen LogP contribution in [-0.4, -0.2) is 18.2 Å². The first-order valence-electron chi connectivity index (χ1n) is 5.41. The zero-order chi connectivity index (χ0) is 13.4. The second-order valence-electron chi connectivity index (χ2n) is 4.56. The van der Waals surface area contributed by atoms with Crippen LogP contribution < -0.4 is 5.32 Å². The highest BCUT2D eigenvalue weighted by Crippen LogP contribution is 2.30. The first-order valence-corrected chi connectivity index (χ1v) is 5.41. The number of carbonyl (C=O) groups excluding carboxylic acids is 1. The van der Waals surface area contributed by atoms with Gasteiger partial charge in [0.25, 0.3) is 0 Å². The summed E-state index contributed by atoms with van der Waals surface area (Å²) in [6, 6.07) is 4.87. The maximum Gasteiger partial charge on any atom is 0.416 e. The van der Waals surface area contributed by atoms with Crippen LogP contribution in [0.3, 0.4) is 0 Å². The number of amides is 1. The fourth-order valence-electron chi connectivity index (χ4n) is 1.90. The van der Waals surface area contributed by atoms with Crippen molar-refractivity contribution in [1.82, 2.24) is 5.32 Å². The fourth-order valence-corrected chi connectivity index (χ4v) is 1.90. The minimum Gasteiger partial charge on any atom is -0.441 e. The number of benzene rings is 1. The molecule has 1 aliphatic rings. The van der Waals surface area contributed by atoms with E-state index in [1.54, 1.807) is 6.92 Å². The molecule has 1 heterocycles. The average Bonchev–Trinajstić information content (AvgIpc) is 2.58. The minimum atomic E-state index is -4.33. The Morgan fingerprint density at radius 2 is 1.94 bits per heavy atom. The van der Waals surface area contributed by atoms with Crippen molar-refractivity contribution in [2.75, 3.05) is 6.54 Å². The molecule has 1 aliphatic heterocycles. The molecule has 3 nitrogen and oxygen atoms in total. The summed E-state index contributed by atoms with van der Waals surface area (Å²) in [7, 11) is 0. The van der Waals surface area contributed by atoms with Crippen LogP contribution in [-0.2, 0) is 17.3 Å². The Bertz CT molecular complexity index is 455. The van der Waals surface area contributed by atoms with E-state index < -0.39 is 23.4 Å². The number of rotatable bonds is 2. The maximum atomic E-state index is 12.4. The highest BCUT2D eigenvalue weighted by molar-refractivity contribution is 5.70. The summed E-state index contributed by atoms with van der Waals surface area (Å²) >= 11 is 0. The van der Waals surface area contributed by atoms with Crippen molar-refractivity contribution in [2.24, 2.45) is 0 Å². The van der Waals surface area contributed by atoms with Gasteiger partial charge in [-0.2, -0.15) is 13.2 Å². The Morgan fingerprint density at radius 3 is 2.39 bits per heavy atom. The van der Waals surface area contributed by atoms with E-state index in [-0.39, 0.29) is 0 Å². The molecule has 0 aromatic heterocycles. The van der Waals surface area contributed by atoms with E-state index in [2.05, 4.69) is 5.32 Å². The number of carbonyl (C=O) groups is 1. The van der Waals surface area contributed by atoms with Crippen molar-refractivity contribution < 1.29 is 22.7 Å². The van der Waals surface area contributed by atoms with Crippen LogP contribution in [0.5, 0.6) is 0 Å². The standard InChI is InChI=1S/C12H12F3NO2/c1-11(7-16-10(17)18-11)6-8-2-4-9(5-3-8)12(13,14)15/h2-5H,6-7H2,1H3,(H,16,17). The Labute approximate surface area is 102 Å². The molecule has 0 bridgehead atoms. The van der Waals surface area contributed by atoms with Gasteiger partial charge in [-0.3, -0.25) is 0 Å². The molecule has 0 saturated carbocycles. The minimum absolute atomic E-state index is 0.354. The first kappa shape index (κ1) is 12.7. The van der Waals surface area contributed by atoms with Crippen LogP contribution in [0.4, 0.5) is 18.0 Å². The van der Waals surface area contributed by atoms with Gasteiger partial charge >= 0.3 is 12.3 Å². The summed E-state index contributed by atoms with van der Waals surface area (Å²) in [6.07, 6.45) is -4.45. The zero-order valence-corrected chi connectivity index (χ0v) is 9.67. The Balaban J connectivity index is 2.09. The lowest BCUT2D eigenvalue weighted by Gasteiger charge is -2.21. The van der Waals surface area contributed by atoms with Crippen molar-refractivity contribution in [3.8, 4) is 0 Å². The van der Waals surface area contributed by atoms with Gasteiger partial charge < -0.3 is 10.1 Å². The SMILES string of the molecule is CC1(Cc2ccc(C(F)(F)F)cc2)CNC(=O)O1. The first-order chi connectivity index (χ1) is 8.28. The lowest BCUT2D eigenvalue weighted by molar-refractivity contribution is -0.137. The highest BCUT2D eigenvalue weighted by atomic mass is 19.4. The van der Waals surface area contributed by atoms with E-state index in [9.17, 15) is 18.0 Å². The third kappa shape index (κ3) is 2.75. The second-order valence-corrected chi connectivity index (χ2v) is 4.56. The van der Waals surface area contributed by atoms with Gasteiger partial charge in [0, 0.05) is 6.42 Å². The predicted octanol–water partition coefficient (Wildman–Crippen LogP) is 2.75. The molecule has 1 saturated heterocycles. The van der Waals surface area contributed by atoms with E-state index in [4.69, 9.17) is 4.74 Å². The van der Waals surface area contributed by atoms with Gasteiger partial charge in [-0.15, -0.1) is 0 Å². The molecule has 1 atom stereocenters. The van der Waals surface area contributed by atoms with E-state index in [1.165, 1.54) is 12.1 Å². The van der Waals surface area contributed by atoms with Crippen molar-refractivity contribution in [3.63, 3.8) is 0 Å². The molecule has 2 rings (SSSR count). The highest BCUT2D eigenvalue weighted by Gasteiger charge is 2.36. The van der Waals surface area contributed by atoms with Gasteiger partial charge in [-0.05, 0) is 24.6 Å². The Hall–Kier alpha value is -1.72. The number of hydrogen-bond acceptors (Lipinski definition) is 2. The third-order valence-corrected chi connectivity index (χ3v) is 2.81. The maximum absolute atomic E-state index is 12.4. The number of halogens is 3. The molecule has 0 radical (unpaired) electrons. The molecule has 1 aromatic rings. The lowest BCUT2D eigenvalue weighted by atomic mass is 9.96. The number of ether oxygens (including phenoxy) is 1. The second kappa shape index (κ2) is 4.19. The molecule has 0 spiro atoms. The molecule has 1 fully saturated rings. The summed E-state index contributed by atoms with van der Waals surface area (Å²) in [5.74, 6) is 0. The number of nitrogens with one attached hydrogen (secondary N) is 1. The summed E-state index contributed by atoms with van der Waals surface area (Å²) in [6.45, 7) is 2.09. The number of alkyl halides is 3. The van der Waals surface area contributed by atoms with Gasteiger partial charge in [0.1, 0.15) is 5.60 Å². The molecule has 1 N–H and O–H groups in total. The Kier molecular flexibility index (Phi) is 2.96. The monoisotopic (exact) mass is 259 g/mol. The fraction of sp³-hybridized carbons (Fsp3) is 0.417. The largest absolute Gasteiger partial charge is 0.441 e. The average molecular weight is 259 g/mol. The van der Waals surface area contributed by atoms with Crippen LogP contribution in [0.25, 0.3) is 0 Å². The van der Waals surface area contributed by atoms with Crippen molar-refractivity contribution in [1.29, 1.82) is 0 Å². The van der Waals surface area contributed by atoms with Crippen molar-refractivity contribution >= 4 is 6.09 Å². The van der Waals surface area contributed by atoms with Gasteiger partial charge in [-0.1, -0.05) is 12.1 Å². The predicted molar refractivity (Wildman–Crippen MR) is 58.0 cm³/mol. The van der Waals surface area contributed by atoms with E-state index in [1.807, 2.05) is 0 Å². The quantitative estimate of drug-likeness (QED) is 0.886. The third-order valence-electron chi connectivity index (χ3n) is 2.81. The topological polar surface area (TPSA) is 38.3 Å². The zero-order valence-electron chi connectivity index (χ0n) is 9.67. The van der Waals surface area contributed by atoms with Gasteiger partial charge in [-0.25, -0.2) is 4.79 Å². The molecule has 6 heteroatoms. The van der Waals surface area contributed by atoms with E-state index in [0.717, 1.165) is 12.1 Å². The molecular formula is C12H12F3NO2. The summed E-state index contributed by atoms with van der Waals surface area (Å²) < 4.78 is 42.2. The van der Waals surface area contributed by atoms with Gasteiger partial charge in [0.05, 0.1) is 12.1 Å². The van der Waals surface area contributed by atoms with Crippen LogP contribution in [0.1, 0.15) is 18.1 Å². The van der Waals surface area contributed by atoms with Crippen LogP contribution in [0.15, 0.2) is 24.3 Å². The van der Waals surface area contributed by atoms with E-state index in [0.29, 0.717) is 18.5 Å². The molecule has 0 aliphatic carbocycles. The lowest BCUT2D eigenvalue weighted by Crippen LogP contribution is -2.31. The molecule has 18 heavy (non-hydrogen) atoms. The van der Waals surface area contributed by atoms with Crippen LogP contribution >= 0.6 is 0 Å². The Morgan fingerprint density at radius 1 is 1.33 bits per heavy atom. The molecule has 1 amide bonds. The molecule has 1 aromatic carbocycles. The molecule has 1 unspecified atom stereocenters. The van der Waals surface area contributed by atoms with Crippen LogP contribution in [0, 0.1) is 0 Å². The normalized spacial score (nSPS) is 23.7. The summed E-state index contributed by atoms with van der Waals surface area (Å²) in [5, 5.41) is 2.52. The summed E-state index contributed by atoms with van der Waals surface area (Å²) in [5.41, 5.74) is -0.684. The smallest absolute Gasteiger partial charge is 0.416 e. The number of cyclic esters (lactones) is 1. The van der Waals surface area contributed by atoms with Crippen molar-refractivity contribution in [2.45, 2.75) is 25.1 Å². The van der Waals surface area contributed by atoms with E-state index >= 15 is 0 Å². The molecular weight excluding hydrogens is 247 g/mol. The molecule has 98 valence electrons. The van der Waals surface area contributed by atoms with Gasteiger partial charge in [0.2, 0.25) is 0 Å². The number of alkyl carbamates (subject to hydrolysis) is 1. The van der Waals surface area contributed by atoms with Crippen molar-refractivity contribution in [3.05, 3.63) is 35.4 Å². The van der Waals surface area contributed by atoms with Gasteiger partial charge in [0.15, 0.2) is 0 Å². The number of hydrogen-bond donors (Lipinski definition) is 1. The van der Waals surface area contributed by atoms with Crippen LogP contribution in [0.2, 0.25) is 0 Å².